The summed E-state index contributed by atoms with van der Waals surface area (Å²) in [7, 11) is 0. The van der Waals surface area contributed by atoms with Crippen molar-refractivity contribution in [1.29, 1.82) is 0 Å². The second-order valence-corrected chi connectivity index (χ2v) is 9.40. The van der Waals surface area contributed by atoms with E-state index in [1.165, 1.54) is 0 Å². The van der Waals surface area contributed by atoms with Crippen LogP contribution in [0.3, 0.4) is 0 Å². The summed E-state index contributed by atoms with van der Waals surface area (Å²) < 4.78 is 12.8. The third-order valence-electron chi connectivity index (χ3n) is 6.97. The highest BCUT2D eigenvalue weighted by Gasteiger charge is 2.46. The van der Waals surface area contributed by atoms with Gasteiger partial charge in [0.1, 0.15) is 17.8 Å². The van der Waals surface area contributed by atoms with Crippen LogP contribution in [-0.2, 0) is 15.2 Å². The number of benzene rings is 3. The molecule has 0 saturated carbocycles. The van der Waals surface area contributed by atoms with Crippen LogP contribution in [0.1, 0.15) is 55.1 Å². The highest BCUT2D eigenvalue weighted by molar-refractivity contribution is 6.02. The molecule has 5 rings (SSSR count). The molecule has 37 heavy (non-hydrogen) atoms. The Labute approximate surface area is 218 Å². The van der Waals surface area contributed by atoms with E-state index in [2.05, 4.69) is 48.5 Å². The number of ether oxygens (including phenoxy) is 1. The summed E-state index contributed by atoms with van der Waals surface area (Å²) in [4.78, 5) is 5.90. The molecule has 0 amide bonds. The maximum Gasteiger partial charge on any atom is 0.185 e. The van der Waals surface area contributed by atoms with Gasteiger partial charge in [0, 0.05) is 0 Å². The quantitative estimate of drug-likeness (QED) is 0.186. The molecule has 5 heteroatoms. The molecule has 1 aliphatic heterocycles. The molecular weight excluding hydrogens is 462 g/mol. The van der Waals surface area contributed by atoms with Crippen molar-refractivity contribution in [1.82, 2.24) is 0 Å². The maximum absolute atomic E-state index is 11.4. The largest absolute Gasteiger partial charge is 0.463 e. The van der Waals surface area contributed by atoms with Gasteiger partial charge in [-0.3, -0.25) is 0 Å². The van der Waals surface area contributed by atoms with Gasteiger partial charge in [0.05, 0.1) is 6.26 Å². The number of hydrogen-bond donors (Lipinski definition) is 1. The van der Waals surface area contributed by atoms with Crippen LogP contribution in [0, 0.1) is 0 Å². The summed E-state index contributed by atoms with van der Waals surface area (Å²) in [6, 6.07) is 34.4. The van der Waals surface area contributed by atoms with E-state index in [4.69, 9.17) is 14.0 Å². The van der Waals surface area contributed by atoms with Crippen LogP contribution in [0.2, 0.25) is 0 Å². The standard InChI is InChI=1S/C32H33NO4/c1-2-3-7-21-28(31-30(34)29(33-37-31)27-22-14-23-35-27)36-32(24-15-8-4-9-16-24,25-17-10-5-11-18-25)26-19-12-6-13-20-26/h4-6,8-20,22-23,28,30-31,34H,2-3,7,21H2,1H3/t28-,30+,31-/m0/s1. The summed E-state index contributed by atoms with van der Waals surface area (Å²) in [5.74, 6) is 0.503. The zero-order chi connectivity index (χ0) is 25.5. The van der Waals surface area contributed by atoms with E-state index in [9.17, 15) is 5.11 Å². The Hall–Kier alpha value is -3.67. The van der Waals surface area contributed by atoms with Crippen LogP contribution in [0.5, 0.6) is 0 Å². The van der Waals surface area contributed by atoms with Crippen molar-refractivity contribution in [3.63, 3.8) is 0 Å². The molecule has 190 valence electrons. The van der Waals surface area contributed by atoms with Gasteiger partial charge >= 0.3 is 0 Å². The van der Waals surface area contributed by atoms with Crippen molar-refractivity contribution >= 4 is 5.71 Å². The number of rotatable bonds is 11. The molecule has 0 radical (unpaired) electrons. The van der Waals surface area contributed by atoms with E-state index >= 15 is 0 Å². The Morgan fingerprint density at radius 3 is 1.86 bits per heavy atom. The van der Waals surface area contributed by atoms with Crippen LogP contribution in [0.25, 0.3) is 0 Å². The molecule has 3 atom stereocenters. The van der Waals surface area contributed by atoms with Crippen LogP contribution in [0.4, 0.5) is 0 Å². The molecule has 0 fully saturated rings. The molecule has 1 N–H and O–H groups in total. The van der Waals surface area contributed by atoms with Gasteiger partial charge in [0.25, 0.3) is 0 Å². The van der Waals surface area contributed by atoms with Gasteiger partial charge in [0.2, 0.25) is 0 Å². The highest BCUT2D eigenvalue weighted by atomic mass is 16.7. The van der Waals surface area contributed by atoms with Crippen molar-refractivity contribution in [2.45, 2.75) is 56.5 Å². The fourth-order valence-electron chi connectivity index (χ4n) is 5.11. The van der Waals surface area contributed by atoms with E-state index < -0.39 is 23.9 Å². The predicted octanol–water partition coefficient (Wildman–Crippen LogP) is 6.70. The fourth-order valence-corrected chi connectivity index (χ4v) is 5.11. The Kier molecular flexibility index (Phi) is 7.83. The predicted molar refractivity (Wildman–Crippen MR) is 144 cm³/mol. The Bertz CT molecular complexity index is 1160. The van der Waals surface area contributed by atoms with E-state index in [1.807, 2.05) is 54.6 Å². The average Bonchev–Trinajstić information content (AvgIpc) is 3.62. The normalized spacial score (nSPS) is 18.3. The SMILES string of the molecule is CCCCC[C@H](OC(c1ccccc1)(c1ccccc1)c1ccccc1)[C@@H]1ON=C(c2ccco2)[C@H]1O. The number of aliphatic hydroxyl groups excluding tert-OH is 1. The van der Waals surface area contributed by atoms with Gasteiger partial charge in [-0.05, 0) is 35.2 Å². The van der Waals surface area contributed by atoms with Gasteiger partial charge in [0.15, 0.2) is 17.6 Å². The third-order valence-corrected chi connectivity index (χ3v) is 6.97. The molecule has 1 aromatic heterocycles. The van der Waals surface area contributed by atoms with Gasteiger partial charge in [-0.2, -0.15) is 0 Å². The number of oxime groups is 1. The number of aliphatic hydroxyl groups is 1. The Balaban J connectivity index is 1.60. The second kappa shape index (κ2) is 11.6. The molecule has 0 aliphatic carbocycles. The van der Waals surface area contributed by atoms with Gasteiger partial charge < -0.3 is 19.1 Å². The summed E-state index contributed by atoms with van der Waals surface area (Å²) in [5.41, 5.74) is 2.49. The second-order valence-electron chi connectivity index (χ2n) is 9.40. The van der Waals surface area contributed by atoms with Crippen LogP contribution >= 0.6 is 0 Å². The number of hydrogen-bond acceptors (Lipinski definition) is 5. The van der Waals surface area contributed by atoms with Crippen LogP contribution < -0.4 is 0 Å². The smallest absolute Gasteiger partial charge is 0.185 e. The Morgan fingerprint density at radius 1 is 0.811 bits per heavy atom. The first-order chi connectivity index (χ1) is 18.2. The molecule has 0 spiro atoms. The first-order valence-electron chi connectivity index (χ1n) is 13.0. The topological polar surface area (TPSA) is 64.2 Å². The van der Waals surface area contributed by atoms with Crippen molar-refractivity contribution in [3.8, 4) is 0 Å². The fraction of sp³-hybridized carbons (Fsp3) is 0.281. The first-order valence-corrected chi connectivity index (χ1v) is 13.0. The van der Waals surface area contributed by atoms with Gasteiger partial charge in [-0.25, -0.2) is 0 Å². The number of unbranched alkanes of at least 4 members (excludes halogenated alkanes) is 2. The van der Waals surface area contributed by atoms with Gasteiger partial charge in [-0.1, -0.05) is 122 Å². The minimum absolute atomic E-state index is 0.392. The van der Waals surface area contributed by atoms with E-state index in [0.29, 0.717) is 17.9 Å². The molecule has 3 aromatic carbocycles. The lowest BCUT2D eigenvalue weighted by Crippen LogP contribution is -2.46. The van der Waals surface area contributed by atoms with Crippen LogP contribution in [0.15, 0.2) is 119 Å². The summed E-state index contributed by atoms with van der Waals surface area (Å²) in [5, 5.41) is 15.6. The Morgan fingerprint density at radius 2 is 1.38 bits per heavy atom. The molecule has 0 saturated heterocycles. The average molecular weight is 496 g/mol. The molecule has 0 bridgehead atoms. The monoisotopic (exact) mass is 495 g/mol. The van der Waals surface area contributed by atoms with E-state index in [0.717, 1.165) is 36.0 Å². The van der Waals surface area contributed by atoms with Gasteiger partial charge in [-0.15, -0.1) is 0 Å². The summed E-state index contributed by atoms with van der Waals surface area (Å²) >= 11 is 0. The van der Waals surface area contributed by atoms with Crippen molar-refractivity contribution in [2.24, 2.45) is 5.16 Å². The molecule has 1 aliphatic rings. The lowest BCUT2D eigenvalue weighted by atomic mass is 9.79. The van der Waals surface area contributed by atoms with E-state index in [1.54, 1.807) is 18.4 Å². The summed E-state index contributed by atoms with van der Waals surface area (Å²) in [6.45, 7) is 2.18. The van der Waals surface area contributed by atoms with Crippen LogP contribution in [-0.4, -0.2) is 29.1 Å². The lowest BCUT2D eigenvalue weighted by molar-refractivity contribution is -0.136. The van der Waals surface area contributed by atoms with Crippen molar-refractivity contribution in [3.05, 3.63) is 132 Å². The number of furan rings is 1. The zero-order valence-electron chi connectivity index (χ0n) is 21.1. The third kappa shape index (κ3) is 5.10. The maximum atomic E-state index is 11.4. The minimum atomic E-state index is -0.974. The van der Waals surface area contributed by atoms with E-state index in [-0.39, 0.29) is 0 Å². The summed E-state index contributed by atoms with van der Waals surface area (Å²) in [6.07, 6.45) is 3.27. The lowest BCUT2D eigenvalue weighted by Gasteiger charge is -2.40. The molecule has 5 nitrogen and oxygen atoms in total. The molecule has 0 unspecified atom stereocenters. The van der Waals surface area contributed by atoms with Crippen molar-refractivity contribution in [2.75, 3.05) is 0 Å². The molecular formula is C32H33NO4. The van der Waals surface area contributed by atoms with Crippen molar-refractivity contribution < 1.29 is 19.1 Å². The zero-order valence-corrected chi connectivity index (χ0v) is 21.1. The first kappa shape index (κ1) is 25.0. The minimum Gasteiger partial charge on any atom is -0.463 e. The highest BCUT2D eigenvalue weighted by Crippen LogP contribution is 2.43. The number of nitrogens with zero attached hydrogens (tertiary/aromatic N) is 1. The molecule has 2 heterocycles. The molecule has 4 aromatic rings.